The summed E-state index contributed by atoms with van der Waals surface area (Å²) >= 11 is 0. The third-order valence-corrected chi connectivity index (χ3v) is 1.88. The molecule has 1 N–H and O–H groups in total. The van der Waals surface area contributed by atoms with Crippen LogP contribution in [0.4, 0.5) is 0 Å². The first-order valence-corrected chi connectivity index (χ1v) is 4.00. The number of hydrogen-bond donors (Lipinski definition) is 1. The molecule has 1 heterocycles. The molecule has 0 aromatic heterocycles. The van der Waals surface area contributed by atoms with Gasteiger partial charge in [0.15, 0.2) is 6.73 Å². The summed E-state index contributed by atoms with van der Waals surface area (Å²) in [5.74, 6) is 0.926. The van der Waals surface area contributed by atoms with Crippen molar-refractivity contribution in [2.24, 2.45) is 0 Å². The molecule has 0 amide bonds. The summed E-state index contributed by atoms with van der Waals surface area (Å²) in [7, 11) is 0. The SMILES string of the molecule is Cc1ccc(C2=CNCO2)cc1. The molecular weight excluding hydrogens is 150 g/mol. The Labute approximate surface area is 71.9 Å². The summed E-state index contributed by atoms with van der Waals surface area (Å²) in [4.78, 5) is 0. The number of nitrogens with one attached hydrogen (secondary N) is 1. The molecular formula is C10H11NO. The Morgan fingerprint density at radius 1 is 1.25 bits per heavy atom. The van der Waals surface area contributed by atoms with Gasteiger partial charge < -0.3 is 10.1 Å². The molecule has 1 aromatic carbocycles. The minimum absolute atomic E-state index is 0.587. The molecule has 12 heavy (non-hydrogen) atoms. The summed E-state index contributed by atoms with van der Waals surface area (Å²) < 4.78 is 5.33. The largest absolute Gasteiger partial charge is 0.471 e. The lowest BCUT2D eigenvalue weighted by molar-refractivity contribution is 0.291. The Kier molecular flexibility index (Phi) is 1.74. The Morgan fingerprint density at radius 2 is 2.00 bits per heavy atom. The summed E-state index contributed by atoms with van der Waals surface area (Å²) in [6.07, 6.45) is 1.89. The van der Waals surface area contributed by atoms with Crippen molar-refractivity contribution in [1.29, 1.82) is 0 Å². The normalized spacial score (nSPS) is 14.9. The lowest BCUT2D eigenvalue weighted by Crippen LogP contribution is -1.98. The summed E-state index contributed by atoms with van der Waals surface area (Å²) in [5.41, 5.74) is 2.40. The third kappa shape index (κ3) is 1.28. The fourth-order valence-corrected chi connectivity index (χ4v) is 1.18. The molecule has 0 unspecified atom stereocenters. The van der Waals surface area contributed by atoms with Crippen LogP contribution in [0.15, 0.2) is 30.5 Å². The lowest BCUT2D eigenvalue weighted by Gasteiger charge is -2.01. The van der Waals surface area contributed by atoms with Gasteiger partial charge >= 0.3 is 0 Å². The second-order valence-electron chi connectivity index (χ2n) is 2.87. The van der Waals surface area contributed by atoms with E-state index in [4.69, 9.17) is 4.74 Å². The highest BCUT2D eigenvalue weighted by atomic mass is 16.5. The van der Waals surface area contributed by atoms with E-state index in [1.807, 2.05) is 6.20 Å². The molecule has 0 fully saturated rings. The predicted molar refractivity (Wildman–Crippen MR) is 48.2 cm³/mol. The van der Waals surface area contributed by atoms with Crippen molar-refractivity contribution in [3.05, 3.63) is 41.6 Å². The van der Waals surface area contributed by atoms with E-state index in [1.54, 1.807) is 0 Å². The maximum absolute atomic E-state index is 5.33. The molecule has 1 aromatic rings. The van der Waals surface area contributed by atoms with E-state index in [0.29, 0.717) is 6.73 Å². The molecule has 0 radical (unpaired) electrons. The maximum Gasteiger partial charge on any atom is 0.158 e. The van der Waals surface area contributed by atoms with Gasteiger partial charge in [-0.25, -0.2) is 0 Å². The quantitative estimate of drug-likeness (QED) is 0.679. The van der Waals surface area contributed by atoms with Gasteiger partial charge in [0.25, 0.3) is 0 Å². The highest BCUT2D eigenvalue weighted by molar-refractivity contribution is 5.60. The van der Waals surface area contributed by atoms with Gasteiger partial charge in [0.2, 0.25) is 0 Å². The molecule has 0 saturated carbocycles. The Morgan fingerprint density at radius 3 is 2.58 bits per heavy atom. The van der Waals surface area contributed by atoms with E-state index in [2.05, 4.69) is 36.5 Å². The predicted octanol–water partition coefficient (Wildman–Crippen LogP) is 1.87. The Balaban J connectivity index is 2.28. The van der Waals surface area contributed by atoms with Gasteiger partial charge in [-0.3, -0.25) is 0 Å². The van der Waals surface area contributed by atoms with Crippen molar-refractivity contribution >= 4 is 5.76 Å². The van der Waals surface area contributed by atoms with Crippen LogP contribution in [0.5, 0.6) is 0 Å². The van der Waals surface area contributed by atoms with Crippen LogP contribution in [0.2, 0.25) is 0 Å². The van der Waals surface area contributed by atoms with Crippen LogP contribution in [0.25, 0.3) is 5.76 Å². The molecule has 62 valence electrons. The Hall–Kier alpha value is -1.44. The molecule has 0 bridgehead atoms. The number of rotatable bonds is 1. The van der Waals surface area contributed by atoms with Crippen LogP contribution < -0.4 is 5.32 Å². The molecule has 1 aliphatic heterocycles. The molecule has 0 atom stereocenters. The first kappa shape index (κ1) is 7.22. The Bertz CT molecular complexity index is 300. The van der Waals surface area contributed by atoms with E-state index >= 15 is 0 Å². The van der Waals surface area contributed by atoms with Crippen molar-refractivity contribution in [2.75, 3.05) is 6.73 Å². The highest BCUT2D eigenvalue weighted by Gasteiger charge is 2.05. The van der Waals surface area contributed by atoms with Crippen molar-refractivity contribution in [3.63, 3.8) is 0 Å². The average Bonchev–Trinajstić information content (AvgIpc) is 2.58. The number of ether oxygens (including phenoxy) is 1. The molecule has 0 aliphatic carbocycles. The van der Waals surface area contributed by atoms with Gasteiger partial charge in [-0.1, -0.05) is 29.8 Å². The smallest absolute Gasteiger partial charge is 0.158 e. The van der Waals surface area contributed by atoms with E-state index in [1.165, 1.54) is 5.56 Å². The lowest BCUT2D eigenvalue weighted by atomic mass is 10.1. The van der Waals surface area contributed by atoms with Crippen molar-refractivity contribution < 1.29 is 4.74 Å². The zero-order chi connectivity index (χ0) is 8.39. The zero-order valence-electron chi connectivity index (χ0n) is 7.00. The second kappa shape index (κ2) is 2.89. The highest BCUT2D eigenvalue weighted by Crippen LogP contribution is 2.17. The second-order valence-corrected chi connectivity index (χ2v) is 2.87. The average molecular weight is 161 g/mol. The van der Waals surface area contributed by atoms with Crippen LogP contribution in [0, 0.1) is 6.92 Å². The fraction of sp³-hybridized carbons (Fsp3) is 0.200. The number of hydrogen-bond acceptors (Lipinski definition) is 2. The van der Waals surface area contributed by atoms with Crippen LogP contribution in [-0.4, -0.2) is 6.73 Å². The van der Waals surface area contributed by atoms with Gasteiger partial charge in [0.05, 0.1) is 0 Å². The van der Waals surface area contributed by atoms with E-state index in [9.17, 15) is 0 Å². The fourth-order valence-electron chi connectivity index (χ4n) is 1.18. The molecule has 0 spiro atoms. The van der Waals surface area contributed by atoms with Crippen LogP contribution in [-0.2, 0) is 4.74 Å². The molecule has 1 aliphatic rings. The molecule has 0 saturated heterocycles. The summed E-state index contributed by atoms with van der Waals surface area (Å²) in [5, 5.41) is 3.00. The van der Waals surface area contributed by atoms with Crippen LogP contribution >= 0.6 is 0 Å². The minimum atomic E-state index is 0.587. The number of benzene rings is 1. The molecule has 2 heteroatoms. The monoisotopic (exact) mass is 161 g/mol. The van der Waals surface area contributed by atoms with E-state index in [-0.39, 0.29) is 0 Å². The van der Waals surface area contributed by atoms with Crippen molar-refractivity contribution in [2.45, 2.75) is 6.92 Å². The van der Waals surface area contributed by atoms with E-state index in [0.717, 1.165) is 11.3 Å². The van der Waals surface area contributed by atoms with Gasteiger partial charge in [-0.2, -0.15) is 0 Å². The minimum Gasteiger partial charge on any atom is -0.471 e. The van der Waals surface area contributed by atoms with Crippen LogP contribution in [0.1, 0.15) is 11.1 Å². The topological polar surface area (TPSA) is 21.3 Å². The van der Waals surface area contributed by atoms with Crippen molar-refractivity contribution in [3.8, 4) is 0 Å². The van der Waals surface area contributed by atoms with Gasteiger partial charge in [0.1, 0.15) is 5.76 Å². The van der Waals surface area contributed by atoms with Gasteiger partial charge in [-0.15, -0.1) is 0 Å². The van der Waals surface area contributed by atoms with Crippen molar-refractivity contribution in [1.82, 2.24) is 5.32 Å². The first-order valence-electron chi connectivity index (χ1n) is 4.00. The van der Waals surface area contributed by atoms with E-state index < -0.39 is 0 Å². The zero-order valence-corrected chi connectivity index (χ0v) is 7.00. The summed E-state index contributed by atoms with van der Waals surface area (Å²) in [6.45, 7) is 2.66. The van der Waals surface area contributed by atoms with Gasteiger partial charge in [0, 0.05) is 11.8 Å². The molecule has 2 nitrogen and oxygen atoms in total. The third-order valence-electron chi connectivity index (χ3n) is 1.88. The molecule has 2 rings (SSSR count). The maximum atomic E-state index is 5.33. The first-order chi connectivity index (χ1) is 5.86. The van der Waals surface area contributed by atoms with Crippen LogP contribution in [0.3, 0.4) is 0 Å². The van der Waals surface area contributed by atoms with Gasteiger partial charge in [-0.05, 0) is 6.92 Å². The number of aryl methyl sites for hydroxylation is 1. The summed E-state index contributed by atoms with van der Waals surface area (Å²) in [6, 6.07) is 8.29. The standard InChI is InChI=1S/C10H11NO/c1-8-2-4-9(5-3-8)10-6-11-7-12-10/h2-6,11H,7H2,1H3.